The average molecular weight is 570 g/mol. The van der Waals surface area contributed by atoms with Crippen molar-refractivity contribution in [2.45, 2.75) is 48.0 Å². The van der Waals surface area contributed by atoms with E-state index in [1.807, 2.05) is 86.6 Å². The van der Waals surface area contributed by atoms with Gasteiger partial charge in [0.15, 0.2) is 11.7 Å². The first kappa shape index (κ1) is 36.1. The molecule has 0 unspecified atom stereocenters. The minimum absolute atomic E-state index is 0.173. The highest BCUT2D eigenvalue weighted by Gasteiger charge is 2.07. The summed E-state index contributed by atoms with van der Waals surface area (Å²) in [5.41, 5.74) is 4.26. The topological polar surface area (TPSA) is 48.6 Å². The van der Waals surface area contributed by atoms with E-state index in [2.05, 4.69) is 94.0 Å². The van der Waals surface area contributed by atoms with Crippen LogP contribution in [-0.4, -0.2) is 18.4 Å². The van der Waals surface area contributed by atoms with Crippen LogP contribution in [0.25, 0.3) is 21.5 Å². The standard InChI is InChI=1S/C23H17N3.C8H10.C3H8.2C3H6/c1-25-23(21-13-11-17-7-3-5-9-19(17)15-21)26-22(24)20-12-10-16-6-2-4-8-18(16)14-20;1-7-3-5-8(2)6-4-7;3*1-3-2/h2-15,24H,1H2;3-6H,1-2H3;3H2,1-2H3;2*3H,1H2,2H3. The molecule has 0 fully saturated rings. The van der Waals surface area contributed by atoms with Crippen LogP contribution in [0.1, 0.15) is 56.4 Å². The second-order valence-corrected chi connectivity index (χ2v) is 9.74. The van der Waals surface area contributed by atoms with E-state index in [4.69, 9.17) is 5.41 Å². The van der Waals surface area contributed by atoms with Gasteiger partial charge in [0.05, 0.1) is 0 Å². The van der Waals surface area contributed by atoms with Crippen LogP contribution in [0.5, 0.6) is 0 Å². The summed E-state index contributed by atoms with van der Waals surface area (Å²) in [7, 11) is 0. The molecule has 5 rings (SSSR count). The van der Waals surface area contributed by atoms with Gasteiger partial charge in [-0.3, -0.25) is 5.41 Å². The molecule has 3 nitrogen and oxygen atoms in total. The molecule has 0 aromatic heterocycles. The summed E-state index contributed by atoms with van der Waals surface area (Å²) in [4.78, 5) is 8.47. The van der Waals surface area contributed by atoms with Gasteiger partial charge in [0, 0.05) is 11.1 Å². The van der Waals surface area contributed by atoms with Crippen molar-refractivity contribution >= 4 is 39.9 Å². The lowest BCUT2D eigenvalue weighted by Gasteiger charge is -2.06. The van der Waals surface area contributed by atoms with Crippen LogP contribution in [0.15, 0.2) is 144 Å². The maximum absolute atomic E-state index is 8.38. The molecule has 0 spiro atoms. The van der Waals surface area contributed by atoms with Crippen LogP contribution in [0.4, 0.5) is 0 Å². The Hall–Kier alpha value is -4.89. The Balaban J connectivity index is 0.000000448. The Morgan fingerprint density at radius 1 is 0.628 bits per heavy atom. The Morgan fingerprint density at radius 2 is 0.977 bits per heavy atom. The maximum atomic E-state index is 8.38. The Labute approximate surface area is 259 Å². The first-order chi connectivity index (χ1) is 20.8. The number of amidine groups is 2. The van der Waals surface area contributed by atoms with Gasteiger partial charge in [0.1, 0.15) is 0 Å². The first-order valence-electron chi connectivity index (χ1n) is 14.6. The van der Waals surface area contributed by atoms with Crippen molar-refractivity contribution in [2.75, 3.05) is 0 Å². The van der Waals surface area contributed by atoms with E-state index in [-0.39, 0.29) is 5.84 Å². The fraction of sp³-hybridized carbons (Fsp3) is 0.175. The molecule has 0 aliphatic heterocycles. The summed E-state index contributed by atoms with van der Waals surface area (Å²) in [6.07, 6.45) is 4.75. The van der Waals surface area contributed by atoms with Crippen LogP contribution in [0.3, 0.4) is 0 Å². The zero-order chi connectivity index (χ0) is 32.0. The SMILES string of the molecule is C=CC.C=CC.C=NC(=NC(=N)c1ccc2ccccc2c1)c1ccc2ccccc2c1.CCC.Cc1ccc(C)cc1. The molecule has 0 aliphatic rings. The Bertz CT molecular complexity index is 1580. The number of hydrogen-bond acceptors (Lipinski definition) is 1. The fourth-order valence-electron chi connectivity index (χ4n) is 3.66. The summed E-state index contributed by atoms with van der Waals surface area (Å²) in [5, 5.41) is 12.9. The van der Waals surface area contributed by atoms with Gasteiger partial charge in [0.2, 0.25) is 0 Å². The number of rotatable bonds is 2. The fourth-order valence-corrected chi connectivity index (χ4v) is 3.66. The molecular weight excluding hydrogens is 522 g/mol. The Morgan fingerprint density at radius 3 is 1.37 bits per heavy atom. The van der Waals surface area contributed by atoms with Crippen LogP contribution in [0, 0.1) is 19.3 Å². The number of hydrogen-bond donors (Lipinski definition) is 1. The molecule has 5 aromatic carbocycles. The van der Waals surface area contributed by atoms with Crippen LogP contribution < -0.4 is 0 Å². The van der Waals surface area contributed by atoms with Gasteiger partial charge in [-0.2, -0.15) is 0 Å². The molecule has 0 heterocycles. The van der Waals surface area contributed by atoms with Crippen molar-refractivity contribution in [2.24, 2.45) is 9.98 Å². The molecule has 0 radical (unpaired) electrons. The molecule has 222 valence electrons. The highest BCUT2D eigenvalue weighted by atomic mass is 14.9. The minimum atomic E-state index is 0.173. The van der Waals surface area contributed by atoms with Crippen LogP contribution in [0.2, 0.25) is 0 Å². The smallest absolute Gasteiger partial charge is 0.161 e. The number of nitrogens with zero attached hydrogens (tertiary/aromatic N) is 2. The van der Waals surface area contributed by atoms with Crippen molar-refractivity contribution in [1.29, 1.82) is 5.41 Å². The summed E-state index contributed by atoms with van der Waals surface area (Å²) in [5.74, 6) is 0.625. The van der Waals surface area contributed by atoms with E-state index in [1.54, 1.807) is 12.2 Å². The van der Waals surface area contributed by atoms with Gasteiger partial charge in [-0.05, 0) is 68.1 Å². The minimum Gasteiger partial charge on any atom is -0.282 e. The second-order valence-electron chi connectivity index (χ2n) is 9.74. The van der Waals surface area contributed by atoms with E-state index in [1.165, 1.54) is 17.5 Å². The highest BCUT2D eigenvalue weighted by molar-refractivity contribution is 6.13. The summed E-state index contributed by atoms with van der Waals surface area (Å²) < 4.78 is 0. The van der Waals surface area contributed by atoms with Crippen molar-refractivity contribution in [3.05, 3.63) is 157 Å². The number of aliphatic imine (C=N–C) groups is 2. The number of nitrogens with one attached hydrogen (secondary N) is 1. The lowest BCUT2D eigenvalue weighted by atomic mass is 10.1. The molecule has 1 N–H and O–H groups in total. The van der Waals surface area contributed by atoms with E-state index in [0.29, 0.717) is 5.84 Å². The van der Waals surface area contributed by atoms with E-state index in [9.17, 15) is 0 Å². The van der Waals surface area contributed by atoms with Crippen molar-refractivity contribution in [3.63, 3.8) is 0 Å². The molecule has 3 heteroatoms. The molecule has 5 aromatic rings. The summed E-state index contributed by atoms with van der Waals surface area (Å²) in [6.45, 7) is 22.6. The molecule has 0 atom stereocenters. The first-order valence-corrected chi connectivity index (χ1v) is 14.6. The molecule has 0 bridgehead atoms. The highest BCUT2D eigenvalue weighted by Crippen LogP contribution is 2.19. The number of fused-ring (bicyclic) bond motifs is 2. The van der Waals surface area contributed by atoms with Gasteiger partial charge in [-0.25, -0.2) is 9.98 Å². The molecular formula is C40H47N3. The van der Waals surface area contributed by atoms with Crippen molar-refractivity contribution in [1.82, 2.24) is 0 Å². The van der Waals surface area contributed by atoms with Gasteiger partial charge in [-0.1, -0.05) is 141 Å². The monoisotopic (exact) mass is 569 g/mol. The molecule has 0 saturated heterocycles. The van der Waals surface area contributed by atoms with Gasteiger partial charge in [0.25, 0.3) is 0 Å². The van der Waals surface area contributed by atoms with E-state index < -0.39 is 0 Å². The predicted molar refractivity (Wildman–Crippen MR) is 194 cm³/mol. The number of benzene rings is 5. The molecule has 0 aliphatic carbocycles. The zero-order valence-corrected chi connectivity index (χ0v) is 26.8. The zero-order valence-electron chi connectivity index (χ0n) is 26.8. The van der Waals surface area contributed by atoms with Crippen molar-refractivity contribution in [3.8, 4) is 0 Å². The van der Waals surface area contributed by atoms with Crippen LogP contribution in [-0.2, 0) is 0 Å². The largest absolute Gasteiger partial charge is 0.282 e. The Kier molecular flexibility index (Phi) is 17.6. The quantitative estimate of drug-likeness (QED) is 0.125. The number of allylic oxidation sites excluding steroid dienone is 2. The molecule has 43 heavy (non-hydrogen) atoms. The normalized spacial score (nSPS) is 9.77. The van der Waals surface area contributed by atoms with Gasteiger partial charge < -0.3 is 0 Å². The predicted octanol–water partition coefficient (Wildman–Crippen LogP) is 11.6. The number of aryl methyl sites for hydroxylation is 2. The average Bonchev–Trinajstić information content (AvgIpc) is 3.02. The second kappa shape index (κ2) is 20.9. The lowest BCUT2D eigenvalue weighted by molar-refractivity contribution is 1.09. The van der Waals surface area contributed by atoms with E-state index in [0.717, 1.165) is 32.7 Å². The van der Waals surface area contributed by atoms with Crippen LogP contribution >= 0.6 is 0 Å². The summed E-state index contributed by atoms with van der Waals surface area (Å²) in [6, 6.07) is 36.6. The van der Waals surface area contributed by atoms with Crippen molar-refractivity contribution < 1.29 is 0 Å². The van der Waals surface area contributed by atoms with Gasteiger partial charge >= 0.3 is 0 Å². The lowest BCUT2D eigenvalue weighted by Crippen LogP contribution is -2.03. The molecule has 0 amide bonds. The third-order valence-corrected chi connectivity index (χ3v) is 5.62. The maximum Gasteiger partial charge on any atom is 0.161 e. The summed E-state index contributed by atoms with van der Waals surface area (Å²) >= 11 is 0. The third kappa shape index (κ3) is 13.1. The van der Waals surface area contributed by atoms with Gasteiger partial charge in [-0.15, -0.1) is 13.2 Å². The van der Waals surface area contributed by atoms with E-state index >= 15 is 0 Å². The third-order valence-electron chi connectivity index (χ3n) is 5.62. The molecule has 0 saturated carbocycles.